The van der Waals surface area contributed by atoms with Crippen LogP contribution in [0.2, 0.25) is 0 Å². The van der Waals surface area contributed by atoms with E-state index in [2.05, 4.69) is 54.5 Å². The lowest BCUT2D eigenvalue weighted by Crippen LogP contribution is -2.51. The second-order valence-corrected chi connectivity index (χ2v) is 7.51. The zero-order valence-corrected chi connectivity index (χ0v) is 19.1. The van der Waals surface area contributed by atoms with Crippen molar-refractivity contribution in [1.29, 1.82) is 0 Å². The zero-order valence-electron chi connectivity index (χ0n) is 16.8. The Balaban J connectivity index is 0.00000338. The molecule has 1 aromatic heterocycles. The summed E-state index contributed by atoms with van der Waals surface area (Å²) in [5, 5.41) is 6.83. The highest BCUT2D eigenvalue weighted by Gasteiger charge is 2.36. The van der Waals surface area contributed by atoms with Crippen LogP contribution < -0.4 is 10.6 Å². The van der Waals surface area contributed by atoms with E-state index in [0.717, 1.165) is 43.6 Å². The number of rotatable bonds is 7. The Morgan fingerprint density at radius 2 is 2.15 bits per heavy atom. The third-order valence-corrected chi connectivity index (χ3v) is 5.29. The van der Waals surface area contributed by atoms with Gasteiger partial charge in [-0.05, 0) is 51.9 Å². The molecular formula is C20H36IN5. The summed E-state index contributed by atoms with van der Waals surface area (Å²) in [6.45, 7) is 7.05. The van der Waals surface area contributed by atoms with Gasteiger partial charge in [-0.3, -0.25) is 9.98 Å². The minimum Gasteiger partial charge on any atom is -0.357 e. The van der Waals surface area contributed by atoms with Crippen LogP contribution >= 0.6 is 24.0 Å². The van der Waals surface area contributed by atoms with Crippen molar-refractivity contribution < 1.29 is 0 Å². The largest absolute Gasteiger partial charge is 0.357 e. The SMILES string of the molecule is CCNC(=NCC1(N(C)C)CCCC(C)C1)NCCc1ccccn1.I. The first-order valence-corrected chi connectivity index (χ1v) is 9.65. The molecule has 0 aliphatic heterocycles. The van der Waals surface area contributed by atoms with Crippen LogP contribution in [-0.4, -0.2) is 55.1 Å². The summed E-state index contributed by atoms with van der Waals surface area (Å²) < 4.78 is 0. The summed E-state index contributed by atoms with van der Waals surface area (Å²) in [6.07, 6.45) is 7.87. The molecule has 1 saturated carbocycles. The van der Waals surface area contributed by atoms with E-state index in [1.165, 1.54) is 25.7 Å². The predicted molar refractivity (Wildman–Crippen MR) is 121 cm³/mol. The van der Waals surface area contributed by atoms with Gasteiger partial charge in [0.05, 0.1) is 6.54 Å². The molecule has 6 heteroatoms. The highest BCUT2D eigenvalue weighted by molar-refractivity contribution is 14.0. The quantitative estimate of drug-likeness (QED) is 0.363. The summed E-state index contributed by atoms with van der Waals surface area (Å²) >= 11 is 0. The molecule has 26 heavy (non-hydrogen) atoms. The van der Waals surface area contributed by atoms with E-state index in [-0.39, 0.29) is 29.5 Å². The minimum absolute atomic E-state index is 0. The lowest BCUT2D eigenvalue weighted by atomic mass is 9.75. The standard InChI is InChI=1S/C20H35N5.HI/c1-5-21-19(23-14-11-18-10-6-7-13-22-18)24-16-20(25(3)4)12-8-9-17(2)15-20;/h6-7,10,13,17H,5,8-9,11-12,14-16H2,1-4H3,(H2,21,23,24);1H. The number of aliphatic imine (C=N–C) groups is 1. The van der Waals surface area contributed by atoms with Crippen molar-refractivity contribution in [1.82, 2.24) is 20.5 Å². The molecule has 0 aromatic carbocycles. The maximum Gasteiger partial charge on any atom is 0.191 e. The average Bonchev–Trinajstić information content (AvgIpc) is 2.60. The molecule has 0 spiro atoms. The summed E-state index contributed by atoms with van der Waals surface area (Å²) in [4.78, 5) is 11.7. The molecule has 1 aliphatic carbocycles. The number of halogens is 1. The molecule has 0 saturated heterocycles. The van der Waals surface area contributed by atoms with Gasteiger partial charge in [-0.25, -0.2) is 0 Å². The maximum atomic E-state index is 4.93. The van der Waals surface area contributed by atoms with Gasteiger partial charge in [0.2, 0.25) is 0 Å². The van der Waals surface area contributed by atoms with E-state index in [1.807, 2.05) is 18.3 Å². The maximum absolute atomic E-state index is 4.93. The van der Waals surface area contributed by atoms with Gasteiger partial charge in [0.15, 0.2) is 5.96 Å². The van der Waals surface area contributed by atoms with Gasteiger partial charge in [0.1, 0.15) is 0 Å². The van der Waals surface area contributed by atoms with Crippen LogP contribution in [0.3, 0.4) is 0 Å². The van der Waals surface area contributed by atoms with E-state index in [4.69, 9.17) is 4.99 Å². The fourth-order valence-corrected chi connectivity index (χ4v) is 3.75. The van der Waals surface area contributed by atoms with E-state index in [1.54, 1.807) is 0 Å². The lowest BCUT2D eigenvalue weighted by molar-refractivity contribution is 0.0845. The number of aromatic nitrogens is 1. The summed E-state index contributed by atoms with van der Waals surface area (Å²) in [6, 6.07) is 6.05. The Morgan fingerprint density at radius 1 is 1.35 bits per heavy atom. The lowest BCUT2D eigenvalue weighted by Gasteiger charge is -2.44. The van der Waals surface area contributed by atoms with Crippen molar-refractivity contribution in [2.75, 3.05) is 33.7 Å². The number of hydrogen-bond acceptors (Lipinski definition) is 3. The van der Waals surface area contributed by atoms with Crippen LogP contribution in [0.1, 0.15) is 45.2 Å². The summed E-state index contributed by atoms with van der Waals surface area (Å²) in [7, 11) is 4.41. The normalized spacial score (nSPS) is 23.4. The van der Waals surface area contributed by atoms with Gasteiger partial charge in [0, 0.05) is 36.9 Å². The number of pyridine rings is 1. The first-order chi connectivity index (χ1) is 12.1. The molecule has 148 valence electrons. The highest BCUT2D eigenvalue weighted by atomic mass is 127. The minimum atomic E-state index is 0. The van der Waals surface area contributed by atoms with Crippen LogP contribution in [0.15, 0.2) is 29.4 Å². The number of nitrogens with zero attached hydrogens (tertiary/aromatic N) is 3. The van der Waals surface area contributed by atoms with Crippen molar-refractivity contribution in [2.45, 2.75) is 51.5 Å². The first kappa shape index (κ1) is 23.1. The van der Waals surface area contributed by atoms with Gasteiger partial charge in [0.25, 0.3) is 0 Å². The molecule has 0 bridgehead atoms. The molecule has 0 radical (unpaired) electrons. The second-order valence-electron chi connectivity index (χ2n) is 7.51. The highest BCUT2D eigenvalue weighted by Crippen LogP contribution is 2.35. The summed E-state index contributed by atoms with van der Waals surface area (Å²) in [5.74, 6) is 1.70. The number of likely N-dealkylation sites (N-methyl/N-ethyl adjacent to an activating group) is 1. The number of nitrogens with one attached hydrogen (secondary N) is 2. The van der Waals surface area contributed by atoms with Crippen molar-refractivity contribution >= 4 is 29.9 Å². The molecule has 2 rings (SSSR count). The van der Waals surface area contributed by atoms with Crippen molar-refractivity contribution in [2.24, 2.45) is 10.9 Å². The molecular weight excluding hydrogens is 437 g/mol. The van der Waals surface area contributed by atoms with Gasteiger partial charge >= 0.3 is 0 Å². The third-order valence-electron chi connectivity index (χ3n) is 5.29. The molecule has 0 amide bonds. The van der Waals surface area contributed by atoms with Crippen LogP contribution in [0, 0.1) is 5.92 Å². The molecule has 2 unspecified atom stereocenters. The molecule has 1 aromatic rings. The fourth-order valence-electron chi connectivity index (χ4n) is 3.75. The third kappa shape index (κ3) is 7.02. The van der Waals surface area contributed by atoms with Crippen molar-refractivity contribution in [3.8, 4) is 0 Å². The Hall–Kier alpha value is -0.890. The zero-order chi connectivity index (χ0) is 18.1. The smallest absolute Gasteiger partial charge is 0.191 e. The van der Waals surface area contributed by atoms with E-state index in [9.17, 15) is 0 Å². The molecule has 1 fully saturated rings. The van der Waals surface area contributed by atoms with Gasteiger partial charge < -0.3 is 15.5 Å². The molecule has 1 heterocycles. The second kappa shape index (κ2) is 11.7. The topological polar surface area (TPSA) is 52.6 Å². The molecule has 1 aliphatic rings. The molecule has 5 nitrogen and oxygen atoms in total. The van der Waals surface area contributed by atoms with Crippen LogP contribution in [0.4, 0.5) is 0 Å². The van der Waals surface area contributed by atoms with Gasteiger partial charge in [-0.2, -0.15) is 0 Å². The van der Waals surface area contributed by atoms with E-state index >= 15 is 0 Å². The Labute approximate surface area is 176 Å². The van der Waals surface area contributed by atoms with E-state index in [0.29, 0.717) is 0 Å². The predicted octanol–water partition coefficient (Wildman–Crippen LogP) is 3.31. The molecule has 2 N–H and O–H groups in total. The van der Waals surface area contributed by atoms with Crippen LogP contribution in [0.25, 0.3) is 0 Å². The summed E-state index contributed by atoms with van der Waals surface area (Å²) in [5.41, 5.74) is 1.30. The number of hydrogen-bond donors (Lipinski definition) is 2. The van der Waals surface area contributed by atoms with Gasteiger partial charge in [-0.15, -0.1) is 24.0 Å². The van der Waals surface area contributed by atoms with Crippen LogP contribution in [0.5, 0.6) is 0 Å². The Morgan fingerprint density at radius 3 is 2.77 bits per heavy atom. The number of guanidine groups is 1. The fraction of sp³-hybridized carbons (Fsp3) is 0.700. The Bertz CT molecular complexity index is 534. The molecule has 2 atom stereocenters. The Kier molecular flexibility index (Phi) is 10.5. The van der Waals surface area contributed by atoms with Crippen LogP contribution in [-0.2, 0) is 6.42 Å². The van der Waals surface area contributed by atoms with Crippen molar-refractivity contribution in [3.63, 3.8) is 0 Å². The average molecular weight is 473 g/mol. The monoisotopic (exact) mass is 473 g/mol. The van der Waals surface area contributed by atoms with Gasteiger partial charge in [-0.1, -0.05) is 25.8 Å². The first-order valence-electron chi connectivity index (χ1n) is 9.65. The van der Waals surface area contributed by atoms with E-state index < -0.39 is 0 Å². The van der Waals surface area contributed by atoms with Crippen molar-refractivity contribution in [3.05, 3.63) is 30.1 Å².